The summed E-state index contributed by atoms with van der Waals surface area (Å²) in [4.78, 5) is 18.6. The van der Waals surface area contributed by atoms with Crippen LogP contribution in [0.25, 0.3) is 10.9 Å². The fraction of sp³-hybridized carbons (Fsp3) is 0.263. The van der Waals surface area contributed by atoms with E-state index in [1.807, 2.05) is 30.3 Å². The maximum Gasteiger partial charge on any atom is 0.258 e. The van der Waals surface area contributed by atoms with Gasteiger partial charge in [0, 0.05) is 12.5 Å². The van der Waals surface area contributed by atoms with Crippen LogP contribution in [0.3, 0.4) is 0 Å². The molecule has 0 spiro atoms. The smallest absolute Gasteiger partial charge is 0.258 e. The van der Waals surface area contributed by atoms with Gasteiger partial charge in [0.15, 0.2) is 11.5 Å². The number of hydrogen-bond acceptors (Lipinski definition) is 5. The number of H-pyrrole nitrogens is 1. The highest BCUT2D eigenvalue weighted by Crippen LogP contribution is 2.34. The standard InChI is InChI=1S/C19H18N2O4/c22-19-15-8-18-17(9-16(15)20-12-21-19)24-11-14(25-18)6-7-23-10-13-4-2-1-3-5-13/h1-5,8-9,12,14H,6-7,10-11H2,(H,20,21,22). The molecule has 2 aromatic carbocycles. The molecule has 0 bridgehead atoms. The maximum absolute atomic E-state index is 11.9. The molecule has 25 heavy (non-hydrogen) atoms. The number of benzene rings is 2. The van der Waals surface area contributed by atoms with E-state index in [4.69, 9.17) is 14.2 Å². The second-order valence-electron chi connectivity index (χ2n) is 5.93. The van der Waals surface area contributed by atoms with E-state index in [-0.39, 0.29) is 11.7 Å². The van der Waals surface area contributed by atoms with Crippen LogP contribution < -0.4 is 15.0 Å². The molecule has 1 unspecified atom stereocenters. The molecule has 1 aromatic heterocycles. The molecule has 1 N–H and O–H groups in total. The summed E-state index contributed by atoms with van der Waals surface area (Å²) in [5.74, 6) is 1.19. The molecular formula is C19H18N2O4. The minimum atomic E-state index is -0.190. The number of fused-ring (bicyclic) bond motifs is 2. The van der Waals surface area contributed by atoms with Crippen LogP contribution in [0.15, 0.2) is 53.6 Å². The van der Waals surface area contributed by atoms with E-state index in [0.717, 1.165) is 5.56 Å². The molecule has 3 aromatic rings. The average molecular weight is 338 g/mol. The first-order valence-corrected chi connectivity index (χ1v) is 8.22. The zero-order valence-electron chi connectivity index (χ0n) is 13.6. The van der Waals surface area contributed by atoms with Gasteiger partial charge in [0.05, 0.1) is 30.4 Å². The Hall–Kier alpha value is -2.86. The molecular weight excluding hydrogens is 320 g/mol. The summed E-state index contributed by atoms with van der Waals surface area (Å²) in [7, 11) is 0. The zero-order valence-corrected chi connectivity index (χ0v) is 13.6. The second kappa shape index (κ2) is 6.94. The van der Waals surface area contributed by atoms with Crippen LogP contribution in [0.1, 0.15) is 12.0 Å². The van der Waals surface area contributed by atoms with Crippen molar-refractivity contribution in [3.05, 3.63) is 64.7 Å². The highest BCUT2D eigenvalue weighted by atomic mass is 16.6. The third kappa shape index (κ3) is 3.49. The van der Waals surface area contributed by atoms with Gasteiger partial charge in [0.2, 0.25) is 0 Å². The molecule has 0 saturated carbocycles. The van der Waals surface area contributed by atoms with Gasteiger partial charge in [0.1, 0.15) is 12.7 Å². The van der Waals surface area contributed by atoms with E-state index in [9.17, 15) is 4.79 Å². The van der Waals surface area contributed by atoms with E-state index in [1.54, 1.807) is 12.1 Å². The van der Waals surface area contributed by atoms with E-state index in [0.29, 0.717) is 48.6 Å². The van der Waals surface area contributed by atoms with Crippen molar-refractivity contribution in [2.24, 2.45) is 0 Å². The Morgan fingerprint density at radius 2 is 2.08 bits per heavy atom. The number of rotatable bonds is 5. The third-order valence-corrected chi connectivity index (χ3v) is 4.12. The summed E-state index contributed by atoms with van der Waals surface area (Å²) in [6, 6.07) is 13.5. The van der Waals surface area contributed by atoms with Gasteiger partial charge in [-0.15, -0.1) is 0 Å². The first-order chi connectivity index (χ1) is 12.3. The van der Waals surface area contributed by atoms with Crippen molar-refractivity contribution in [2.75, 3.05) is 13.2 Å². The monoisotopic (exact) mass is 338 g/mol. The predicted molar refractivity (Wildman–Crippen MR) is 93.0 cm³/mol. The van der Waals surface area contributed by atoms with Gasteiger partial charge in [-0.1, -0.05) is 30.3 Å². The lowest BCUT2D eigenvalue weighted by Gasteiger charge is -2.26. The number of aromatic nitrogens is 2. The average Bonchev–Trinajstić information content (AvgIpc) is 2.65. The first-order valence-electron chi connectivity index (χ1n) is 8.22. The summed E-state index contributed by atoms with van der Waals surface area (Å²) < 4.78 is 17.4. The number of ether oxygens (including phenoxy) is 3. The van der Waals surface area contributed by atoms with E-state index >= 15 is 0 Å². The minimum absolute atomic E-state index is 0.100. The summed E-state index contributed by atoms with van der Waals surface area (Å²) in [6.07, 6.45) is 2.00. The Morgan fingerprint density at radius 1 is 1.20 bits per heavy atom. The Kier molecular flexibility index (Phi) is 4.35. The second-order valence-corrected chi connectivity index (χ2v) is 5.93. The number of hydrogen-bond donors (Lipinski definition) is 1. The molecule has 128 valence electrons. The van der Waals surface area contributed by atoms with Crippen molar-refractivity contribution in [1.82, 2.24) is 9.97 Å². The van der Waals surface area contributed by atoms with Gasteiger partial charge >= 0.3 is 0 Å². The summed E-state index contributed by atoms with van der Waals surface area (Å²) in [6.45, 7) is 1.61. The third-order valence-electron chi connectivity index (χ3n) is 4.12. The van der Waals surface area contributed by atoms with Crippen molar-refractivity contribution in [2.45, 2.75) is 19.1 Å². The topological polar surface area (TPSA) is 73.4 Å². The lowest BCUT2D eigenvalue weighted by Crippen LogP contribution is -2.30. The normalized spacial score (nSPS) is 16.1. The van der Waals surface area contributed by atoms with Crippen molar-refractivity contribution in [3.63, 3.8) is 0 Å². The summed E-state index contributed by atoms with van der Waals surface area (Å²) in [5.41, 5.74) is 1.55. The van der Waals surface area contributed by atoms with E-state index < -0.39 is 0 Å². The Labute approximate surface area is 144 Å². The maximum atomic E-state index is 11.9. The van der Waals surface area contributed by atoms with Gasteiger partial charge in [-0.2, -0.15) is 0 Å². The molecule has 2 heterocycles. The van der Waals surface area contributed by atoms with Crippen LogP contribution in [0, 0.1) is 0 Å². The van der Waals surface area contributed by atoms with Crippen LogP contribution in [0.2, 0.25) is 0 Å². The first kappa shape index (κ1) is 15.7. The van der Waals surface area contributed by atoms with Crippen LogP contribution in [0.5, 0.6) is 11.5 Å². The molecule has 0 saturated heterocycles. The van der Waals surface area contributed by atoms with Crippen molar-refractivity contribution in [3.8, 4) is 11.5 Å². The fourth-order valence-electron chi connectivity index (χ4n) is 2.80. The van der Waals surface area contributed by atoms with E-state index in [1.165, 1.54) is 6.33 Å². The van der Waals surface area contributed by atoms with Gasteiger partial charge in [-0.25, -0.2) is 4.98 Å². The van der Waals surface area contributed by atoms with Crippen molar-refractivity contribution in [1.29, 1.82) is 0 Å². The molecule has 6 heteroatoms. The Balaban J connectivity index is 1.37. The molecule has 1 aliphatic heterocycles. The zero-order chi connectivity index (χ0) is 17.1. The predicted octanol–water partition coefficient (Wildman–Crippen LogP) is 2.67. The molecule has 0 amide bonds. The lowest BCUT2D eigenvalue weighted by molar-refractivity contribution is 0.0442. The fourth-order valence-corrected chi connectivity index (χ4v) is 2.80. The number of aromatic amines is 1. The molecule has 6 nitrogen and oxygen atoms in total. The SMILES string of the molecule is O=c1[nH]cnc2cc3c(cc12)OC(CCOCc1ccccc1)CO3. The van der Waals surface area contributed by atoms with Gasteiger partial charge < -0.3 is 19.2 Å². The largest absolute Gasteiger partial charge is 0.486 e. The summed E-state index contributed by atoms with van der Waals surface area (Å²) >= 11 is 0. The van der Waals surface area contributed by atoms with Crippen LogP contribution >= 0.6 is 0 Å². The van der Waals surface area contributed by atoms with Crippen molar-refractivity contribution < 1.29 is 14.2 Å². The van der Waals surface area contributed by atoms with Crippen LogP contribution in [-0.4, -0.2) is 29.3 Å². The van der Waals surface area contributed by atoms with Crippen LogP contribution in [-0.2, 0) is 11.3 Å². The molecule has 0 aliphatic carbocycles. The Bertz CT molecular complexity index is 924. The summed E-state index contributed by atoms with van der Waals surface area (Å²) in [5, 5.41) is 0.492. The van der Waals surface area contributed by atoms with E-state index in [2.05, 4.69) is 9.97 Å². The molecule has 0 radical (unpaired) electrons. The minimum Gasteiger partial charge on any atom is -0.486 e. The van der Waals surface area contributed by atoms with Crippen LogP contribution in [0.4, 0.5) is 0 Å². The molecule has 4 rings (SSSR count). The number of nitrogens with zero attached hydrogens (tertiary/aromatic N) is 1. The molecule has 1 aliphatic rings. The number of nitrogens with one attached hydrogen (secondary N) is 1. The Morgan fingerprint density at radius 3 is 2.96 bits per heavy atom. The van der Waals surface area contributed by atoms with Crippen molar-refractivity contribution >= 4 is 10.9 Å². The highest BCUT2D eigenvalue weighted by molar-refractivity contribution is 5.81. The lowest BCUT2D eigenvalue weighted by atomic mass is 10.2. The highest BCUT2D eigenvalue weighted by Gasteiger charge is 2.22. The van der Waals surface area contributed by atoms with Gasteiger partial charge in [-0.3, -0.25) is 4.79 Å². The molecule has 1 atom stereocenters. The van der Waals surface area contributed by atoms with Gasteiger partial charge in [0.25, 0.3) is 5.56 Å². The quantitative estimate of drug-likeness (QED) is 0.724. The van der Waals surface area contributed by atoms with Gasteiger partial charge in [-0.05, 0) is 11.6 Å². The molecule has 0 fully saturated rings.